The molecule has 2 N–H and O–H groups in total. The summed E-state index contributed by atoms with van der Waals surface area (Å²) in [5, 5.41) is 10.7. The minimum Gasteiger partial charge on any atom is -0.336 e. The molecule has 0 aromatic carbocycles. The van der Waals surface area contributed by atoms with E-state index in [1.54, 1.807) is 24.7 Å². The third kappa shape index (κ3) is 1.92. The van der Waals surface area contributed by atoms with E-state index in [4.69, 9.17) is 11.6 Å². The zero-order chi connectivity index (χ0) is 11.7. The monoisotopic (exact) mass is 245 g/mol. The van der Waals surface area contributed by atoms with Crippen molar-refractivity contribution >= 4 is 34.1 Å². The summed E-state index contributed by atoms with van der Waals surface area (Å²) >= 11 is 5.86. The fraction of sp³-hybridized carbons (Fsp3) is 0. The highest BCUT2D eigenvalue weighted by molar-refractivity contribution is 6.30. The number of rotatable bonds is 2. The van der Waals surface area contributed by atoms with Crippen LogP contribution < -0.4 is 5.32 Å². The second-order valence-corrected chi connectivity index (χ2v) is 3.93. The van der Waals surface area contributed by atoms with Gasteiger partial charge in [0.05, 0.1) is 22.4 Å². The Bertz CT molecular complexity index is 664. The van der Waals surface area contributed by atoms with E-state index in [-0.39, 0.29) is 0 Å². The van der Waals surface area contributed by atoms with Crippen LogP contribution in [0, 0.1) is 0 Å². The predicted octanol–water partition coefficient (Wildman–Crippen LogP) is 2.75. The molecule has 0 aliphatic heterocycles. The number of aromatic amines is 1. The number of hydrogen-bond donors (Lipinski definition) is 2. The Labute approximate surface area is 102 Å². The molecule has 3 aromatic heterocycles. The summed E-state index contributed by atoms with van der Waals surface area (Å²) in [4.78, 5) is 8.24. The van der Waals surface area contributed by atoms with Crippen molar-refractivity contribution in [2.24, 2.45) is 0 Å². The standard InChI is InChI=1S/C11H8ClN5/c12-7-4-8(6-13-5-7)15-11-10-9(16-17-11)2-1-3-14-10/h1-6H,(H2,15,16,17). The van der Waals surface area contributed by atoms with E-state index in [0.29, 0.717) is 10.8 Å². The third-order valence-electron chi connectivity index (χ3n) is 2.29. The summed E-state index contributed by atoms with van der Waals surface area (Å²) in [5.41, 5.74) is 2.44. The van der Waals surface area contributed by atoms with E-state index in [0.717, 1.165) is 16.7 Å². The number of pyridine rings is 2. The van der Waals surface area contributed by atoms with E-state index in [2.05, 4.69) is 25.5 Å². The van der Waals surface area contributed by atoms with Gasteiger partial charge in [-0.05, 0) is 18.2 Å². The van der Waals surface area contributed by atoms with Gasteiger partial charge < -0.3 is 5.32 Å². The summed E-state index contributed by atoms with van der Waals surface area (Å²) in [6.45, 7) is 0. The van der Waals surface area contributed by atoms with Crippen LogP contribution in [0.2, 0.25) is 5.02 Å². The van der Waals surface area contributed by atoms with Crippen molar-refractivity contribution in [3.8, 4) is 0 Å². The largest absolute Gasteiger partial charge is 0.336 e. The molecule has 17 heavy (non-hydrogen) atoms. The Morgan fingerprint density at radius 3 is 3.12 bits per heavy atom. The van der Waals surface area contributed by atoms with Crippen LogP contribution in [-0.4, -0.2) is 20.2 Å². The van der Waals surface area contributed by atoms with Gasteiger partial charge in [-0.15, -0.1) is 0 Å². The zero-order valence-corrected chi connectivity index (χ0v) is 9.44. The molecule has 0 radical (unpaired) electrons. The Balaban J connectivity index is 2.00. The smallest absolute Gasteiger partial charge is 0.178 e. The number of anilines is 2. The van der Waals surface area contributed by atoms with Crippen LogP contribution in [-0.2, 0) is 0 Å². The first-order chi connectivity index (χ1) is 8.33. The van der Waals surface area contributed by atoms with Crippen molar-refractivity contribution < 1.29 is 0 Å². The highest BCUT2D eigenvalue weighted by Crippen LogP contribution is 2.22. The number of halogens is 1. The molecule has 84 valence electrons. The first-order valence-electron chi connectivity index (χ1n) is 4.99. The van der Waals surface area contributed by atoms with Gasteiger partial charge in [-0.3, -0.25) is 15.1 Å². The molecule has 6 heteroatoms. The molecule has 3 aromatic rings. The average Bonchev–Trinajstić information content (AvgIpc) is 2.73. The normalized spacial score (nSPS) is 10.6. The fourth-order valence-electron chi connectivity index (χ4n) is 1.56. The van der Waals surface area contributed by atoms with Gasteiger partial charge in [0.15, 0.2) is 5.82 Å². The predicted molar refractivity (Wildman–Crippen MR) is 66.4 cm³/mol. The number of nitrogens with one attached hydrogen (secondary N) is 2. The first-order valence-corrected chi connectivity index (χ1v) is 5.37. The van der Waals surface area contributed by atoms with Crippen LogP contribution in [0.5, 0.6) is 0 Å². The second-order valence-electron chi connectivity index (χ2n) is 3.49. The average molecular weight is 246 g/mol. The number of aromatic nitrogens is 4. The van der Waals surface area contributed by atoms with Crippen LogP contribution in [0.3, 0.4) is 0 Å². The fourth-order valence-corrected chi connectivity index (χ4v) is 1.73. The molecule has 0 unspecified atom stereocenters. The van der Waals surface area contributed by atoms with E-state index in [9.17, 15) is 0 Å². The number of fused-ring (bicyclic) bond motifs is 1. The Morgan fingerprint density at radius 2 is 2.24 bits per heavy atom. The van der Waals surface area contributed by atoms with Crippen LogP contribution in [0.15, 0.2) is 36.8 Å². The van der Waals surface area contributed by atoms with Gasteiger partial charge in [0.25, 0.3) is 0 Å². The molecule has 0 saturated heterocycles. The SMILES string of the molecule is Clc1cncc(Nc2n[nH]c3cccnc23)c1. The molecule has 0 saturated carbocycles. The number of H-pyrrole nitrogens is 1. The topological polar surface area (TPSA) is 66.5 Å². The van der Waals surface area contributed by atoms with Crippen molar-refractivity contribution in [2.45, 2.75) is 0 Å². The van der Waals surface area contributed by atoms with Crippen LogP contribution in [0.4, 0.5) is 11.5 Å². The third-order valence-corrected chi connectivity index (χ3v) is 2.49. The molecule has 0 bridgehead atoms. The van der Waals surface area contributed by atoms with Crippen molar-refractivity contribution in [1.82, 2.24) is 20.2 Å². The van der Waals surface area contributed by atoms with Crippen molar-refractivity contribution in [2.75, 3.05) is 5.32 Å². The molecular weight excluding hydrogens is 238 g/mol. The lowest BCUT2D eigenvalue weighted by Crippen LogP contribution is -1.92. The molecule has 5 nitrogen and oxygen atoms in total. The minimum absolute atomic E-state index is 0.572. The summed E-state index contributed by atoms with van der Waals surface area (Å²) < 4.78 is 0. The summed E-state index contributed by atoms with van der Waals surface area (Å²) in [6, 6.07) is 5.54. The van der Waals surface area contributed by atoms with E-state index in [1.165, 1.54) is 0 Å². The van der Waals surface area contributed by atoms with Crippen LogP contribution in [0.25, 0.3) is 11.0 Å². The molecule has 0 spiro atoms. The molecule has 0 aliphatic rings. The van der Waals surface area contributed by atoms with E-state index >= 15 is 0 Å². The molecule has 0 atom stereocenters. The Morgan fingerprint density at radius 1 is 1.29 bits per heavy atom. The molecule has 0 amide bonds. The summed E-state index contributed by atoms with van der Waals surface area (Å²) in [5.74, 6) is 0.657. The zero-order valence-electron chi connectivity index (χ0n) is 8.68. The Hall–Kier alpha value is -2.14. The van der Waals surface area contributed by atoms with Crippen LogP contribution >= 0.6 is 11.6 Å². The molecular formula is C11H8ClN5. The first kappa shape index (κ1) is 10.0. The summed E-state index contributed by atoms with van der Waals surface area (Å²) in [6.07, 6.45) is 4.97. The van der Waals surface area contributed by atoms with Gasteiger partial charge in [-0.1, -0.05) is 11.6 Å². The maximum atomic E-state index is 5.86. The van der Waals surface area contributed by atoms with Gasteiger partial charge >= 0.3 is 0 Å². The summed E-state index contributed by atoms with van der Waals surface area (Å²) in [7, 11) is 0. The van der Waals surface area contributed by atoms with E-state index in [1.807, 2.05) is 12.1 Å². The lowest BCUT2D eigenvalue weighted by Gasteiger charge is -2.02. The minimum atomic E-state index is 0.572. The maximum Gasteiger partial charge on any atom is 0.178 e. The van der Waals surface area contributed by atoms with Gasteiger partial charge in [0.1, 0.15) is 5.52 Å². The number of hydrogen-bond acceptors (Lipinski definition) is 4. The second kappa shape index (κ2) is 4.03. The highest BCUT2D eigenvalue weighted by atomic mass is 35.5. The van der Waals surface area contributed by atoms with Crippen molar-refractivity contribution in [1.29, 1.82) is 0 Å². The molecule has 0 aliphatic carbocycles. The maximum absolute atomic E-state index is 5.86. The lowest BCUT2D eigenvalue weighted by atomic mass is 10.3. The van der Waals surface area contributed by atoms with Crippen LogP contribution in [0.1, 0.15) is 0 Å². The Kier molecular flexibility index (Phi) is 2.38. The highest BCUT2D eigenvalue weighted by Gasteiger charge is 2.06. The lowest BCUT2D eigenvalue weighted by molar-refractivity contribution is 1.12. The molecule has 3 heterocycles. The van der Waals surface area contributed by atoms with Crippen molar-refractivity contribution in [3.05, 3.63) is 41.8 Å². The quantitative estimate of drug-likeness (QED) is 0.729. The van der Waals surface area contributed by atoms with E-state index < -0.39 is 0 Å². The van der Waals surface area contributed by atoms with Gasteiger partial charge in [-0.2, -0.15) is 5.10 Å². The van der Waals surface area contributed by atoms with Gasteiger partial charge in [-0.25, -0.2) is 0 Å². The molecule has 3 rings (SSSR count). The van der Waals surface area contributed by atoms with Gasteiger partial charge in [0, 0.05) is 12.4 Å². The van der Waals surface area contributed by atoms with Crippen molar-refractivity contribution in [3.63, 3.8) is 0 Å². The molecule has 0 fully saturated rings. The van der Waals surface area contributed by atoms with Gasteiger partial charge in [0.2, 0.25) is 0 Å². The number of nitrogens with zero attached hydrogens (tertiary/aromatic N) is 3.